The molecule has 2 heterocycles. The van der Waals surface area contributed by atoms with Crippen LogP contribution in [0.25, 0.3) is 0 Å². The number of hydrogen-bond acceptors (Lipinski definition) is 4. The second-order valence-electron chi connectivity index (χ2n) is 5.03. The number of carbonyl (C=O) groups is 1. The Morgan fingerprint density at radius 1 is 1.48 bits per heavy atom. The van der Waals surface area contributed by atoms with Gasteiger partial charge >= 0.3 is 0 Å². The highest BCUT2D eigenvalue weighted by atomic mass is 16.5. The van der Waals surface area contributed by atoms with Gasteiger partial charge in [-0.3, -0.25) is 9.48 Å². The summed E-state index contributed by atoms with van der Waals surface area (Å²) in [7, 11) is 1.93. The van der Waals surface area contributed by atoms with Crippen molar-refractivity contribution in [2.24, 2.45) is 7.05 Å². The van der Waals surface area contributed by atoms with E-state index in [-0.39, 0.29) is 12.5 Å². The van der Waals surface area contributed by atoms with E-state index in [0.717, 1.165) is 17.8 Å². The Morgan fingerprint density at radius 3 is 3.14 bits per heavy atom. The van der Waals surface area contributed by atoms with Crippen LogP contribution >= 0.6 is 0 Å². The molecule has 0 atom stereocenters. The van der Waals surface area contributed by atoms with Crippen LogP contribution in [0.1, 0.15) is 18.2 Å². The molecule has 0 saturated heterocycles. The fourth-order valence-corrected chi connectivity index (χ4v) is 2.41. The molecule has 0 unspecified atom stereocenters. The molecule has 0 saturated carbocycles. The largest absolute Gasteiger partial charge is 0.482 e. The molecule has 6 nitrogen and oxygen atoms in total. The molecule has 2 aromatic rings. The van der Waals surface area contributed by atoms with Gasteiger partial charge in [0.25, 0.3) is 5.91 Å². The van der Waals surface area contributed by atoms with Crippen molar-refractivity contribution in [1.29, 1.82) is 0 Å². The van der Waals surface area contributed by atoms with E-state index in [1.165, 1.54) is 5.56 Å². The molecule has 3 rings (SSSR count). The van der Waals surface area contributed by atoms with Gasteiger partial charge in [-0.15, -0.1) is 0 Å². The van der Waals surface area contributed by atoms with Crippen LogP contribution in [0.15, 0.2) is 24.4 Å². The lowest BCUT2D eigenvalue weighted by Crippen LogP contribution is -2.25. The van der Waals surface area contributed by atoms with Crippen molar-refractivity contribution < 1.29 is 9.53 Å². The lowest BCUT2D eigenvalue weighted by molar-refractivity contribution is -0.118. The number of hydrogen-bond donors (Lipinski definition) is 2. The monoisotopic (exact) mass is 286 g/mol. The molecule has 0 aliphatic carbocycles. The van der Waals surface area contributed by atoms with E-state index in [0.29, 0.717) is 18.0 Å². The van der Waals surface area contributed by atoms with Crippen LogP contribution in [0.4, 0.5) is 11.4 Å². The van der Waals surface area contributed by atoms with E-state index in [9.17, 15) is 4.79 Å². The van der Waals surface area contributed by atoms with Crippen molar-refractivity contribution in [3.05, 3.63) is 35.7 Å². The average molecular weight is 286 g/mol. The second kappa shape index (κ2) is 5.47. The number of anilines is 2. The number of fused-ring (bicyclic) bond motifs is 1. The van der Waals surface area contributed by atoms with Crippen LogP contribution in [0.5, 0.6) is 5.75 Å². The molecule has 1 aliphatic rings. The number of aryl methyl sites for hydroxylation is 2. The minimum Gasteiger partial charge on any atom is -0.482 e. The van der Waals surface area contributed by atoms with Gasteiger partial charge in [-0.05, 0) is 18.6 Å². The number of carbonyl (C=O) groups excluding carboxylic acids is 1. The molecule has 0 radical (unpaired) electrons. The Bertz CT molecular complexity index is 678. The normalized spacial score (nSPS) is 13.3. The van der Waals surface area contributed by atoms with Gasteiger partial charge in [0.05, 0.1) is 11.4 Å². The molecule has 110 valence electrons. The fraction of sp³-hybridized carbons (Fsp3) is 0.333. The zero-order valence-electron chi connectivity index (χ0n) is 12.1. The third kappa shape index (κ3) is 2.84. The van der Waals surface area contributed by atoms with Gasteiger partial charge in [0, 0.05) is 37.1 Å². The first-order chi connectivity index (χ1) is 10.2. The number of nitrogens with one attached hydrogen (secondary N) is 2. The van der Waals surface area contributed by atoms with Crippen LogP contribution < -0.4 is 15.4 Å². The van der Waals surface area contributed by atoms with E-state index in [2.05, 4.69) is 22.7 Å². The van der Waals surface area contributed by atoms with Crippen molar-refractivity contribution in [3.8, 4) is 5.75 Å². The molecule has 6 heteroatoms. The third-order valence-electron chi connectivity index (χ3n) is 3.42. The molecule has 0 spiro atoms. The Balaban J connectivity index is 1.72. The zero-order valence-corrected chi connectivity index (χ0v) is 12.1. The first-order valence-electron chi connectivity index (χ1n) is 6.97. The number of amides is 1. The maximum absolute atomic E-state index is 11.2. The van der Waals surface area contributed by atoms with Gasteiger partial charge in [0.15, 0.2) is 6.61 Å². The maximum atomic E-state index is 11.2. The number of aromatic nitrogens is 2. The molecule has 1 aromatic heterocycles. The molecular formula is C15H18N4O2. The summed E-state index contributed by atoms with van der Waals surface area (Å²) in [6.45, 7) is 2.88. The Labute approximate surface area is 123 Å². The standard InChI is InChI=1S/C15H18N4O2/c1-3-12-10(8-19(2)18-12)7-16-11-4-5-13-14(6-11)21-9-15(20)17-13/h4-6,8,16H,3,7,9H2,1-2H3,(H,17,20). The first kappa shape index (κ1) is 13.5. The summed E-state index contributed by atoms with van der Waals surface area (Å²) in [5.41, 5.74) is 3.96. The predicted octanol–water partition coefficient (Wildman–Crippen LogP) is 1.93. The summed E-state index contributed by atoms with van der Waals surface area (Å²) in [5, 5.41) is 10.6. The average Bonchev–Trinajstić information content (AvgIpc) is 2.85. The number of benzene rings is 1. The summed E-state index contributed by atoms with van der Waals surface area (Å²) >= 11 is 0. The SMILES string of the molecule is CCc1nn(C)cc1CNc1ccc2c(c1)OCC(=O)N2. The quantitative estimate of drug-likeness (QED) is 0.901. The lowest BCUT2D eigenvalue weighted by atomic mass is 10.2. The van der Waals surface area contributed by atoms with Crippen molar-refractivity contribution in [1.82, 2.24) is 9.78 Å². The Hall–Kier alpha value is -2.50. The third-order valence-corrected chi connectivity index (χ3v) is 3.42. The smallest absolute Gasteiger partial charge is 0.262 e. The first-order valence-corrected chi connectivity index (χ1v) is 6.97. The summed E-state index contributed by atoms with van der Waals surface area (Å²) in [6.07, 6.45) is 2.94. The van der Waals surface area contributed by atoms with Crippen molar-refractivity contribution >= 4 is 17.3 Å². The van der Waals surface area contributed by atoms with Gasteiger partial charge in [-0.1, -0.05) is 6.92 Å². The fourth-order valence-electron chi connectivity index (χ4n) is 2.41. The summed E-state index contributed by atoms with van der Waals surface area (Å²) < 4.78 is 7.24. The topological polar surface area (TPSA) is 68.2 Å². The molecule has 1 amide bonds. The molecule has 21 heavy (non-hydrogen) atoms. The highest BCUT2D eigenvalue weighted by Gasteiger charge is 2.16. The number of ether oxygens (including phenoxy) is 1. The maximum Gasteiger partial charge on any atom is 0.262 e. The second-order valence-corrected chi connectivity index (χ2v) is 5.03. The van der Waals surface area contributed by atoms with Crippen molar-refractivity contribution in [2.75, 3.05) is 17.2 Å². The molecule has 1 aromatic carbocycles. The van der Waals surface area contributed by atoms with E-state index in [1.807, 2.05) is 36.1 Å². The highest BCUT2D eigenvalue weighted by Crippen LogP contribution is 2.30. The Morgan fingerprint density at radius 2 is 2.33 bits per heavy atom. The molecule has 2 N–H and O–H groups in total. The molecule has 0 fully saturated rings. The van der Waals surface area contributed by atoms with E-state index in [4.69, 9.17) is 4.74 Å². The van der Waals surface area contributed by atoms with Crippen molar-refractivity contribution in [3.63, 3.8) is 0 Å². The van der Waals surface area contributed by atoms with Gasteiger partial charge in [0.1, 0.15) is 5.75 Å². The zero-order chi connectivity index (χ0) is 14.8. The highest BCUT2D eigenvalue weighted by molar-refractivity contribution is 5.95. The van der Waals surface area contributed by atoms with Crippen LogP contribution in [0.2, 0.25) is 0 Å². The molecule has 1 aliphatic heterocycles. The van der Waals surface area contributed by atoms with Crippen LogP contribution in [0.3, 0.4) is 0 Å². The van der Waals surface area contributed by atoms with Crippen molar-refractivity contribution in [2.45, 2.75) is 19.9 Å². The van der Waals surface area contributed by atoms with Crippen LogP contribution in [-0.2, 0) is 24.8 Å². The number of rotatable bonds is 4. The lowest BCUT2D eigenvalue weighted by Gasteiger charge is -2.18. The predicted molar refractivity (Wildman–Crippen MR) is 80.5 cm³/mol. The van der Waals surface area contributed by atoms with E-state index in [1.54, 1.807) is 0 Å². The summed E-state index contributed by atoms with van der Waals surface area (Å²) in [5.74, 6) is 0.577. The van der Waals surface area contributed by atoms with E-state index < -0.39 is 0 Å². The summed E-state index contributed by atoms with van der Waals surface area (Å²) in [6, 6.07) is 5.67. The van der Waals surface area contributed by atoms with Gasteiger partial charge in [0.2, 0.25) is 0 Å². The summed E-state index contributed by atoms with van der Waals surface area (Å²) in [4.78, 5) is 11.2. The minimum absolute atomic E-state index is 0.0685. The molecular weight excluding hydrogens is 268 g/mol. The van der Waals surface area contributed by atoms with Crippen LogP contribution in [-0.4, -0.2) is 22.3 Å². The molecule has 0 bridgehead atoms. The van der Waals surface area contributed by atoms with Gasteiger partial charge < -0.3 is 15.4 Å². The van der Waals surface area contributed by atoms with Gasteiger partial charge in [-0.2, -0.15) is 5.10 Å². The minimum atomic E-state index is -0.119. The van der Waals surface area contributed by atoms with Gasteiger partial charge in [-0.25, -0.2) is 0 Å². The number of nitrogens with zero attached hydrogens (tertiary/aromatic N) is 2. The van der Waals surface area contributed by atoms with E-state index >= 15 is 0 Å². The Kier molecular flexibility index (Phi) is 3.51. The van der Waals surface area contributed by atoms with Crippen LogP contribution in [0, 0.1) is 0 Å².